The fraction of sp³-hybridized carbons (Fsp3) is 0.364. The van der Waals surface area contributed by atoms with Crippen molar-refractivity contribution >= 4 is 28.9 Å². The highest BCUT2D eigenvalue weighted by molar-refractivity contribution is 5.94. The number of carbonyl (C=O) groups excluding carboxylic acids is 2. The second-order valence-corrected chi connectivity index (χ2v) is 7.05. The molecule has 6 heteroatoms. The van der Waals surface area contributed by atoms with Crippen molar-refractivity contribution < 1.29 is 14.3 Å². The van der Waals surface area contributed by atoms with Gasteiger partial charge in [-0.2, -0.15) is 0 Å². The number of carbonyl (C=O) groups is 2. The predicted octanol–water partition coefficient (Wildman–Crippen LogP) is 4.04. The van der Waals surface area contributed by atoms with E-state index in [-0.39, 0.29) is 11.8 Å². The number of ether oxygens (including phenoxy) is 1. The highest BCUT2D eigenvalue weighted by Crippen LogP contribution is 2.22. The Kier molecular flexibility index (Phi) is 6.53. The highest BCUT2D eigenvalue weighted by Gasteiger charge is 2.16. The first-order valence-corrected chi connectivity index (χ1v) is 9.71. The molecule has 1 aliphatic rings. The first-order valence-electron chi connectivity index (χ1n) is 9.71. The number of anilines is 3. The molecule has 28 heavy (non-hydrogen) atoms. The minimum Gasteiger partial charge on any atom is -0.481 e. The Hall–Kier alpha value is -3.02. The van der Waals surface area contributed by atoms with E-state index in [1.165, 1.54) is 31.9 Å². The van der Waals surface area contributed by atoms with Gasteiger partial charge in [-0.05, 0) is 74.7 Å². The van der Waals surface area contributed by atoms with Crippen LogP contribution in [0.25, 0.3) is 0 Å². The topological polar surface area (TPSA) is 70.7 Å². The Bertz CT molecular complexity index is 797. The molecule has 0 aliphatic carbocycles. The van der Waals surface area contributed by atoms with Crippen LogP contribution in [0.4, 0.5) is 17.1 Å². The molecule has 2 N–H and O–H groups in total. The number of hydrogen-bond acceptors (Lipinski definition) is 4. The van der Waals surface area contributed by atoms with E-state index in [4.69, 9.17) is 4.74 Å². The molecule has 0 saturated carbocycles. The van der Waals surface area contributed by atoms with Crippen LogP contribution in [0, 0.1) is 0 Å². The molecule has 148 valence electrons. The van der Waals surface area contributed by atoms with Crippen molar-refractivity contribution in [1.29, 1.82) is 0 Å². The van der Waals surface area contributed by atoms with Gasteiger partial charge in [-0.25, -0.2) is 0 Å². The Labute approximate surface area is 165 Å². The van der Waals surface area contributed by atoms with Gasteiger partial charge in [0.05, 0.1) is 0 Å². The first kappa shape index (κ1) is 19.7. The van der Waals surface area contributed by atoms with Gasteiger partial charge in [-0.1, -0.05) is 0 Å². The Morgan fingerprint density at radius 1 is 0.893 bits per heavy atom. The molecule has 1 atom stereocenters. The molecule has 2 aromatic rings. The number of benzene rings is 2. The summed E-state index contributed by atoms with van der Waals surface area (Å²) in [6, 6.07) is 14.9. The van der Waals surface area contributed by atoms with Crippen LogP contribution in [0.2, 0.25) is 0 Å². The molecule has 3 rings (SSSR count). The Balaban J connectivity index is 1.52. The normalized spacial score (nSPS) is 14.9. The van der Waals surface area contributed by atoms with Gasteiger partial charge in [0, 0.05) is 37.1 Å². The standard InChI is InChI=1S/C22H27N3O3/c1-16(28-21-12-8-18(9-13-21)23-17(2)26)22(27)24-19-6-10-20(11-7-19)25-14-4-3-5-15-25/h6-13,16H,3-5,14-15H2,1-2H3,(H,23,26)(H,24,27)/t16-/m0/s1. The SMILES string of the molecule is CC(=O)Nc1ccc(O[C@@H](C)C(=O)Nc2ccc(N3CCCCC3)cc2)cc1. The van der Waals surface area contributed by atoms with Gasteiger partial charge < -0.3 is 20.3 Å². The Morgan fingerprint density at radius 2 is 1.46 bits per heavy atom. The van der Waals surface area contributed by atoms with E-state index in [1.54, 1.807) is 31.2 Å². The summed E-state index contributed by atoms with van der Waals surface area (Å²) in [5.41, 5.74) is 2.63. The third-order valence-corrected chi connectivity index (χ3v) is 4.71. The van der Waals surface area contributed by atoms with Crippen molar-refractivity contribution in [3.63, 3.8) is 0 Å². The van der Waals surface area contributed by atoms with E-state index in [1.807, 2.05) is 24.3 Å². The first-order chi connectivity index (χ1) is 13.5. The van der Waals surface area contributed by atoms with Gasteiger partial charge in [-0.15, -0.1) is 0 Å². The van der Waals surface area contributed by atoms with Crippen molar-refractivity contribution in [1.82, 2.24) is 0 Å². The van der Waals surface area contributed by atoms with Gasteiger partial charge in [0.1, 0.15) is 5.75 Å². The Morgan fingerprint density at radius 3 is 2.07 bits per heavy atom. The third-order valence-electron chi connectivity index (χ3n) is 4.71. The molecular formula is C22H27N3O3. The van der Waals surface area contributed by atoms with Crippen LogP contribution in [-0.4, -0.2) is 31.0 Å². The van der Waals surface area contributed by atoms with Crippen molar-refractivity contribution in [3.05, 3.63) is 48.5 Å². The highest BCUT2D eigenvalue weighted by atomic mass is 16.5. The summed E-state index contributed by atoms with van der Waals surface area (Å²) in [5, 5.41) is 5.58. The van der Waals surface area contributed by atoms with E-state index in [2.05, 4.69) is 15.5 Å². The molecule has 1 aliphatic heterocycles. The van der Waals surface area contributed by atoms with Crippen LogP contribution in [0.3, 0.4) is 0 Å². The lowest BCUT2D eigenvalue weighted by Crippen LogP contribution is -2.30. The molecule has 2 amide bonds. The number of nitrogens with zero attached hydrogens (tertiary/aromatic N) is 1. The molecule has 0 bridgehead atoms. The van der Waals surface area contributed by atoms with Crippen LogP contribution >= 0.6 is 0 Å². The summed E-state index contributed by atoms with van der Waals surface area (Å²) < 4.78 is 5.69. The van der Waals surface area contributed by atoms with E-state index in [0.29, 0.717) is 11.4 Å². The van der Waals surface area contributed by atoms with Crippen molar-refractivity contribution in [2.75, 3.05) is 28.6 Å². The van der Waals surface area contributed by atoms with Crippen molar-refractivity contribution in [3.8, 4) is 5.75 Å². The van der Waals surface area contributed by atoms with Gasteiger partial charge in [0.15, 0.2) is 6.10 Å². The lowest BCUT2D eigenvalue weighted by molar-refractivity contribution is -0.122. The zero-order valence-electron chi connectivity index (χ0n) is 16.4. The number of piperidine rings is 1. The summed E-state index contributed by atoms with van der Waals surface area (Å²) >= 11 is 0. The van der Waals surface area contributed by atoms with Crippen LogP contribution in [0.1, 0.15) is 33.1 Å². The van der Waals surface area contributed by atoms with Crippen LogP contribution in [-0.2, 0) is 9.59 Å². The van der Waals surface area contributed by atoms with Gasteiger partial charge in [0.2, 0.25) is 5.91 Å². The average Bonchev–Trinajstić information content (AvgIpc) is 2.70. The molecule has 0 spiro atoms. The minimum absolute atomic E-state index is 0.132. The van der Waals surface area contributed by atoms with Crippen LogP contribution in [0.5, 0.6) is 5.75 Å². The molecule has 0 radical (unpaired) electrons. The number of rotatable bonds is 6. The second kappa shape index (κ2) is 9.26. The second-order valence-electron chi connectivity index (χ2n) is 7.05. The molecule has 0 unspecified atom stereocenters. The van der Waals surface area contributed by atoms with E-state index >= 15 is 0 Å². The fourth-order valence-electron chi connectivity index (χ4n) is 3.23. The lowest BCUT2D eigenvalue weighted by Gasteiger charge is -2.28. The van der Waals surface area contributed by atoms with E-state index < -0.39 is 6.10 Å². The third kappa shape index (κ3) is 5.49. The zero-order chi connectivity index (χ0) is 19.9. The van der Waals surface area contributed by atoms with E-state index in [9.17, 15) is 9.59 Å². The number of amides is 2. The van der Waals surface area contributed by atoms with Gasteiger partial charge in [-0.3, -0.25) is 9.59 Å². The fourth-order valence-corrected chi connectivity index (χ4v) is 3.23. The lowest BCUT2D eigenvalue weighted by atomic mass is 10.1. The van der Waals surface area contributed by atoms with Crippen LogP contribution in [0.15, 0.2) is 48.5 Å². The maximum Gasteiger partial charge on any atom is 0.265 e. The predicted molar refractivity (Wildman–Crippen MR) is 112 cm³/mol. The van der Waals surface area contributed by atoms with Gasteiger partial charge in [0.25, 0.3) is 5.91 Å². The molecular weight excluding hydrogens is 354 g/mol. The van der Waals surface area contributed by atoms with E-state index in [0.717, 1.165) is 18.8 Å². The molecule has 2 aromatic carbocycles. The molecule has 1 heterocycles. The smallest absolute Gasteiger partial charge is 0.265 e. The van der Waals surface area contributed by atoms with Crippen molar-refractivity contribution in [2.24, 2.45) is 0 Å². The number of hydrogen-bond donors (Lipinski definition) is 2. The quantitative estimate of drug-likeness (QED) is 0.792. The number of nitrogens with one attached hydrogen (secondary N) is 2. The molecule has 1 fully saturated rings. The summed E-state index contributed by atoms with van der Waals surface area (Å²) in [6.45, 7) is 5.35. The summed E-state index contributed by atoms with van der Waals surface area (Å²) in [4.78, 5) is 25.8. The zero-order valence-corrected chi connectivity index (χ0v) is 16.4. The summed E-state index contributed by atoms with van der Waals surface area (Å²) in [7, 11) is 0. The summed E-state index contributed by atoms with van der Waals surface area (Å²) in [6.07, 6.45) is 3.13. The molecule has 1 saturated heterocycles. The van der Waals surface area contributed by atoms with Gasteiger partial charge >= 0.3 is 0 Å². The maximum absolute atomic E-state index is 12.4. The minimum atomic E-state index is -0.645. The van der Waals surface area contributed by atoms with Crippen molar-refractivity contribution in [2.45, 2.75) is 39.2 Å². The largest absolute Gasteiger partial charge is 0.481 e. The molecule has 0 aromatic heterocycles. The maximum atomic E-state index is 12.4. The van der Waals surface area contributed by atoms with Crippen LogP contribution < -0.4 is 20.3 Å². The monoisotopic (exact) mass is 381 g/mol. The molecule has 6 nitrogen and oxygen atoms in total. The summed E-state index contributed by atoms with van der Waals surface area (Å²) in [5.74, 6) is 0.224. The average molecular weight is 381 g/mol.